The number of carbonyl (C=O) groups excluding carboxylic acids is 1. The summed E-state index contributed by atoms with van der Waals surface area (Å²) in [5, 5.41) is 3.64. The molecule has 0 unspecified atom stereocenters. The first-order chi connectivity index (χ1) is 11.6. The van der Waals surface area contributed by atoms with Crippen molar-refractivity contribution < 1.29 is 9.53 Å². The third-order valence-corrected chi connectivity index (χ3v) is 5.57. The fourth-order valence-corrected chi connectivity index (χ4v) is 4.05. The van der Waals surface area contributed by atoms with Gasteiger partial charge in [-0.25, -0.2) is 4.99 Å². The zero-order valence-corrected chi connectivity index (χ0v) is 15.2. The SMILES string of the molecule is CN(C)C(=O)CN=C(NC1CCCC1)N1CC[C@@H]2OCCC[C@@H]2C1. The van der Waals surface area contributed by atoms with Crippen molar-refractivity contribution in [1.29, 1.82) is 0 Å². The van der Waals surface area contributed by atoms with E-state index < -0.39 is 0 Å². The molecule has 3 fully saturated rings. The van der Waals surface area contributed by atoms with E-state index in [9.17, 15) is 4.79 Å². The molecule has 3 rings (SSSR count). The van der Waals surface area contributed by atoms with Gasteiger partial charge < -0.3 is 19.9 Å². The van der Waals surface area contributed by atoms with E-state index in [0.29, 0.717) is 18.1 Å². The summed E-state index contributed by atoms with van der Waals surface area (Å²) in [6, 6.07) is 0.513. The maximum atomic E-state index is 11.9. The average Bonchev–Trinajstić information content (AvgIpc) is 3.10. The number of likely N-dealkylation sites (tertiary alicyclic amines) is 1. The molecule has 0 aromatic heterocycles. The number of likely N-dealkylation sites (N-methyl/N-ethyl adjacent to an activating group) is 1. The van der Waals surface area contributed by atoms with Gasteiger partial charge in [0.25, 0.3) is 0 Å². The average molecular weight is 336 g/mol. The molecule has 2 heterocycles. The quantitative estimate of drug-likeness (QED) is 0.626. The van der Waals surface area contributed by atoms with Gasteiger partial charge in [0.2, 0.25) is 5.91 Å². The molecule has 1 saturated carbocycles. The van der Waals surface area contributed by atoms with Crippen molar-refractivity contribution in [2.45, 2.75) is 57.1 Å². The Hall–Kier alpha value is -1.30. The smallest absolute Gasteiger partial charge is 0.243 e. The van der Waals surface area contributed by atoms with Crippen LogP contribution in [0, 0.1) is 5.92 Å². The minimum Gasteiger partial charge on any atom is -0.378 e. The zero-order chi connectivity index (χ0) is 16.9. The number of hydrogen-bond acceptors (Lipinski definition) is 3. The molecular formula is C18H32N4O2. The Balaban J connectivity index is 1.65. The fourth-order valence-electron chi connectivity index (χ4n) is 4.05. The van der Waals surface area contributed by atoms with Gasteiger partial charge in [0.05, 0.1) is 6.10 Å². The standard InChI is InChI=1S/C18H32N4O2/c1-21(2)17(23)12-19-18(20-15-7-3-4-8-15)22-10-9-16-14(13-22)6-5-11-24-16/h14-16H,3-13H2,1-2H3,(H,19,20)/t14-,16+/m1/s1. The maximum absolute atomic E-state index is 11.9. The third kappa shape index (κ3) is 4.41. The Morgan fingerprint density at radius 2 is 2.00 bits per heavy atom. The predicted molar refractivity (Wildman–Crippen MR) is 95.0 cm³/mol. The van der Waals surface area contributed by atoms with E-state index in [1.165, 1.54) is 32.1 Å². The monoisotopic (exact) mass is 336 g/mol. The number of aliphatic imine (C=N–C) groups is 1. The Labute approximate surface area is 145 Å². The highest BCUT2D eigenvalue weighted by atomic mass is 16.5. The molecule has 6 nitrogen and oxygen atoms in total. The van der Waals surface area contributed by atoms with Gasteiger partial charge in [-0.15, -0.1) is 0 Å². The number of nitrogens with zero attached hydrogens (tertiary/aromatic N) is 3. The highest BCUT2D eigenvalue weighted by Gasteiger charge is 2.34. The van der Waals surface area contributed by atoms with Crippen LogP contribution in [0.1, 0.15) is 44.9 Å². The molecule has 0 spiro atoms. The Morgan fingerprint density at radius 3 is 2.75 bits per heavy atom. The number of fused-ring (bicyclic) bond motifs is 1. The van der Waals surface area contributed by atoms with Crippen molar-refractivity contribution in [2.24, 2.45) is 10.9 Å². The fraction of sp³-hybridized carbons (Fsp3) is 0.889. The lowest BCUT2D eigenvalue weighted by Crippen LogP contribution is -2.53. The summed E-state index contributed by atoms with van der Waals surface area (Å²) in [6.45, 7) is 3.11. The van der Waals surface area contributed by atoms with Crippen molar-refractivity contribution in [3.8, 4) is 0 Å². The van der Waals surface area contributed by atoms with Crippen LogP contribution in [0.15, 0.2) is 4.99 Å². The lowest BCUT2D eigenvalue weighted by atomic mass is 9.88. The molecule has 0 radical (unpaired) electrons. The summed E-state index contributed by atoms with van der Waals surface area (Å²) in [4.78, 5) is 20.6. The lowest BCUT2D eigenvalue weighted by molar-refractivity contribution is -0.127. The summed E-state index contributed by atoms with van der Waals surface area (Å²) in [7, 11) is 3.57. The summed E-state index contributed by atoms with van der Waals surface area (Å²) in [5.74, 6) is 1.59. The first kappa shape index (κ1) is 17.5. The number of rotatable bonds is 3. The van der Waals surface area contributed by atoms with E-state index >= 15 is 0 Å². The van der Waals surface area contributed by atoms with E-state index in [0.717, 1.165) is 38.5 Å². The molecule has 0 bridgehead atoms. The molecule has 2 aliphatic heterocycles. The van der Waals surface area contributed by atoms with Gasteiger partial charge in [0.1, 0.15) is 6.54 Å². The molecular weight excluding hydrogens is 304 g/mol. The van der Waals surface area contributed by atoms with E-state index in [-0.39, 0.29) is 12.5 Å². The second kappa shape index (κ2) is 8.19. The molecule has 3 aliphatic rings. The number of hydrogen-bond donors (Lipinski definition) is 1. The van der Waals surface area contributed by atoms with Crippen LogP contribution in [0.4, 0.5) is 0 Å². The first-order valence-electron chi connectivity index (χ1n) is 9.51. The van der Waals surface area contributed by atoms with Crippen LogP contribution in [-0.4, -0.2) is 74.1 Å². The van der Waals surface area contributed by atoms with Crippen LogP contribution in [0.3, 0.4) is 0 Å². The Kier molecular flexibility index (Phi) is 5.98. The van der Waals surface area contributed by atoms with Gasteiger partial charge in [0, 0.05) is 45.8 Å². The van der Waals surface area contributed by atoms with Crippen LogP contribution < -0.4 is 5.32 Å². The van der Waals surface area contributed by atoms with Gasteiger partial charge in [-0.2, -0.15) is 0 Å². The third-order valence-electron chi connectivity index (χ3n) is 5.57. The minimum atomic E-state index is 0.0524. The van der Waals surface area contributed by atoms with Crippen molar-refractivity contribution in [2.75, 3.05) is 40.3 Å². The van der Waals surface area contributed by atoms with Crippen molar-refractivity contribution in [3.63, 3.8) is 0 Å². The highest BCUT2D eigenvalue weighted by molar-refractivity contribution is 5.85. The predicted octanol–water partition coefficient (Wildman–Crippen LogP) is 1.46. The van der Waals surface area contributed by atoms with Crippen LogP contribution in [0.25, 0.3) is 0 Å². The summed E-state index contributed by atoms with van der Waals surface area (Å²) >= 11 is 0. The normalized spacial score (nSPS) is 28.6. The summed E-state index contributed by atoms with van der Waals surface area (Å²) in [6.07, 6.45) is 8.90. The molecule has 24 heavy (non-hydrogen) atoms. The number of amides is 1. The van der Waals surface area contributed by atoms with Crippen LogP contribution in [0.2, 0.25) is 0 Å². The molecule has 1 N–H and O–H groups in total. The molecule has 2 saturated heterocycles. The molecule has 1 aliphatic carbocycles. The first-order valence-corrected chi connectivity index (χ1v) is 9.51. The lowest BCUT2D eigenvalue weighted by Gasteiger charge is -2.42. The van der Waals surface area contributed by atoms with Gasteiger partial charge >= 0.3 is 0 Å². The minimum absolute atomic E-state index is 0.0524. The Morgan fingerprint density at radius 1 is 1.21 bits per heavy atom. The van der Waals surface area contributed by atoms with Crippen molar-refractivity contribution >= 4 is 11.9 Å². The van der Waals surface area contributed by atoms with Crippen molar-refractivity contribution in [3.05, 3.63) is 0 Å². The molecule has 6 heteroatoms. The number of piperidine rings is 1. The van der Waals surface area contributed by atoms with E-state index in [4.69, 9.17) is 4.74 Å². The van der Waals surface area contributed by atoms with Gasteiger partial charge in [-0.05, 0) is 32.1 Å². The number of nitrogens with one attached hydrogen (secondary N) is 1. The van der Waals surface area contributed by atoms with Gasteiger partial charge in [-0.3, -0.25) is 4.79 Å². The van der Waals surface area contributed by atoms with Gasteiger partial charge in [-0.1, -0.05) is 12.8 Å². The van der Waals surface area contributed by atoms with E-state index in [2.05, 4.69) is 15.2 Å². The molecule has 1 amide bonds. The second-order valence-electron chi connectivity index (χ2n) is 7.60. The largest absolute Gasteiger partial charge is 0.378 e. The van der Waals surface area contributed by atoms with Gasteiger partial charge in [0.15, 0.2) is 5.96 Å². The topological polar surface area (TPSA) is 57.2 Å². The number of guanidine groups is 1. The molecule has 0 aromatic rings. The summed E-state index contributed by atoms with van der Waals surface area (Å²) in [5.41, 5.74) is 0. The highest BCUT2D eigenvalue weighted by Crippen LogP contribution is 2.28. The maximum Gasteiger partial charge on any atom is 0.243 e. The van der Waals surface area contributed by atoms with E-state index in [1.54, 1.807) is 19.0 Å². The molecule has 2 atom stereocenters. The second-order valence-corrected chi connectivity index (χ2v) is 7.60. The number of carbonyl (C=O) groups is 1. The Bertz CT molecular complexity index is 460. The number of ether oxygens (including phenoxy) is 1. The zero-order valence-electron chi connectivity index (χ0n) is 15.2. The van der Waals surface area contributed by atoms with Crippen molar-refractivity contribution in [1.82, 2.24) is 15.1 Å². The summed E-state index contributed by atoms with van der Waals surface area (Å²) < 4.78 is 5.93. The molecule has 0 aromatic carbocycles. The van der Waals surface area contributed by atoms with Crippen LogP contribution in [0.5, 0.6) is 0 Å². The van der Waals surface area contributed by atoms with E-state index in [1.807, 2.05) is 0 Å². The van der Waals surface area contributed by atoms with Crippen LogP contribution in [-0.2, 0) is 9.53 Å². The molecule has 136 valence electrons. The van der Waals surface area contributed by atoms with Crippen LogP contribution >= 0.6 is 0 Å².